The smallest absolute Gasteiger partial charge is 0.223 e. The second-order valence-corrected chi connectivity index (χ2v) is 6.73. The summed E-state index contributed by atoms with van der Waals surface area (Å²) >= 11 is 0. The summed E-state index contributed by atoms with van der Waals surface area (Å²) in [6, 6.07) is 0.495. The summed E-state index contributed by atoms with van der Waals surface area (Å²) in [5.74, 6) is 1.67. The number of aromatic nitrogens is 2. The monoisotopic (exact) mass is 278 g/mol. The van der Waals surface area contributed by atoms with Crippen molar-refractivity contribution in [3.05, 3.63) is 5.56 Å². The summed E-state index contributed by atoms with van der Waals surface area (Å²) in [4.78, 5) is 10.8. The van der Waals surface area contributed by atoms with E-state index in [0.717, 1.165) is 37.3 Å². The average Bonchev–Trinajstić information content (AvgIpc) is 2.79. The third-order valence-corrected chi connectivity index (χ3v) is 3.64. The van der Waals surface area contributed by atoms with Crippen molar-refractivity contribution in [3.8, 4) is 0 Å². The fraction of sp³-hybridized carbons (Fsp3) is 0.714. The molecule has 20 heavy (non-hydrogen) atoms. The Morgan fingerprint density at radius 2 is 2.00 bits per heavy atom. The van der Waals surface area contributed by atoms with Crippen molar-refractivity contribution in [1.82, 2.24) is 15.3 Å². The van der Waals surface area contributed by atoms with Crippen LogP contribution in [0.5, 0.6) is 0 Å². The van der Waals surface area contributed by atoms with Crippen molar-refractivity contribution in [2.45, 2.75) is 39.7 Å². The minimum Gasteiger partial charge on any atom is -0.383 e. The topological polar surface area (TPSA) is 93.1 Å². The molecule has 5 N–H and O–H groups in total. The van der Waals surface area contributed by atoms with Crippen LogP contribution in [0.1, 0.15) is 32.8 Å². The number of nitrogen functional groups attached to an aromatic ring is 2. The van der Waals surface area contributed by atoms with E-state index in [4.69, 9.17) is 11.5 Å². The lowest BCUT2D eigenvalue weighted by atomic mass is 9.88. The first-order valence-corrected chi connectivity index (χ1v) is 7.14. The van der Waals surface area contributed by atoms with Crippen LogP contribution in [-0.2, 0) is 6.42 Å². The molecule has 0 spiro atoms. The quantitative estimate of drug-likeness (QED) is 0.764. The van der Waals surface area contributed by atoms with Gasteiger partial charge < -0.3 is 21.7 Å². The predicted molar refractivity (Wildman–Crippen MR) is 83.7 cm³/mol. The molecule has 0 radical (unpaired) electrons. The van der Waals surface area contributed by atoms with Crippen molar-refractivity contribution < 1.29 is 0 Å². The SMILES string of the molecule is CN[C@H]1CCN(c2nc(N)nc(N)c2CC(C)(C)C)C1. The molecule has 2 heterocycles. The third kappa shape index (κ3) is 3.30. The average molecular weight is 278 g/mol. The Morgan fingerprint density at radius 1 is 1.30 bits per heavy atom. The zero-order valence-electron chi connectivity index (χ0n) is 12.9. The Morgan fingerprint density at radius 3 is 2.55 bits per heavy atom. The standard InChI is InChI=1S/C14H26N6/c1-14(2,3)7-10-11(15)18-13(16)19-12(10)20-6-5-9(8-20)17-4/h9,17H,5-8H2,1-4H3,(H4,15,16,18,19)/t9-/m0/s1. The maximum absolute atomic E-state index is 6.09. The first-order chi connectivity index (χ1) is 9.30. The Balaban J connectivity index is 2.35. The van der Waals surface area contributed by atoms with Crippen molar-refractivity contribution in [2.24, 2.45) is 5.41 Å². The van der Waals surface area contributed by atoms with Gasteiger partial charge in [-0.1, -0.05) is 20.8 Å². The van der Waals surface area contributed by atoms with Crippen molar-refractivity contribution in [3.63, 3.8) is 0 Å². The summed E-state index contributed by atoms with van der Waals surface area (Å²) in [5, 5.41) is 3.31. The van der Waals surface area contributed by atoms with Gasteiger partial charge in [0.2, 0.25) is 5.95 Å². The van der Waals surface area contributed by atoms with Crippen LogP contribution >= 0.6 is 0 Å². The Kier molecular flexibility index (Phi) is 4.04. The van der Waals surface area contributed by atoms with Crippen LogP contribution in [0, 0.1) is 5.41 Å². The van der Waals surface area contributed by atoms with E-state index in [1.54, 1.807) is 0 Å². The van der Waals surface area contributed by atoms with Gasteiger partial charge in [0, 0.05) is 24.7 Å². The lowest BCUT2D eigenvalue weighted by Gasteiger charge is -2.25. The highest BCUT2D eigenvalue weighted by atomic mass is 15.3. The second kappa shape index (κ2) is 5.44. The lowest BCUT2D eigenvalue weighted by molar-refractivity contribution is 0.411. The van der Waals surface area contributed by atoms with Gasteiger partial charge in [0.25, 0.3) is 0 Å². The maximum Gasteiger partial charge on any atom is 0.223 e. The number of hydrogen-bond donors (Lipinski definition) is 3. The number of anilines is 3. The van der Waals surface area contributed by atoms with E-state index in [1.807, 2.05) is 7.05 Å². The van der Waals surface area contributed by atoms with Gasteiger partial charge in [0.15, 0.2) is 0 Å². The zero-order chi connectivity index (χ0) is 14.9. The number of rotatable bonds is 3. The molecule has 6 heteroatoms. The molecule has 0 bridgehead atoms. The first kappa shape index (κ1) is 14.8. The summed E-state index contributed by atoms with van der Waals surface area (Å²) in [7, 11) is 1.99. The fourth-order valence-corrected chi connectivity index (χ4v) is 2.66. The van der Waals surface area contributed by atoms with Gasteiger partial charge in [0.05, 0.1) is 0 Å². The molecule has 1 saturated heterocycles. The number of hydrogen-bond acceptors (Lipinski definition) is 6. The number of nitrogens with one attached hydrogen (secondary N) is 1. The molecule has 0 unspecified atom stereocenters. The number of nitrogens with two attached hydrogens (primary N) is 2. The van der Waals surface area contributed by atoms with Crippen molar-refractivity contribution in [2.75, 3.05) is 36.5 Å². The normalized spacial score (nSPS) is 19.6. The summed E-state index contributed by atoms with van der Waals surface area (Å²) in [5.41, 5.74) is 13.0. The number of likely N-dealkylation sites (N-methyl/N-ethyl adjacent to an activating group) is 1. The van der Waals surface area contributed by atoms with E-state index >= 15 is 0 Å². The summed E-state index contributed by atoms with van der Waals surface area (Å²) in [6.07, 6.45) is 1.95. The highest BCUT2D eigenvalue weighted by molar-refractivity contribution is 5.60. The van der Waals surface area contributed by atoms with E-state index < -0.39 is 0 Å². The van der Waals surface area contributed by atoms with Crippen LogP contribution in [-0.4, -0.2) is 36.1 Å². The molecule has 0 aromatic carbocycles. The number of nitrogens with zero attached hydrogens (tertiary/aromatic N) is 3. The molecular formula is C14H26N6. The van der Waals surface area contributed by atoms with Crippen LogP contribution < -0.4 is 21.7 Å². The van der Waals surface area contributed by atoms with Gasteiger partial charge in [-0.05, 0) is 25.3 Å². The summed E-state index contributed by atoms with van der Waals surface area (Å²) in [6.45, 7) is 8.47. The van der Waals surface area contributed by atoms with E-state index in [0.29, 0.717) is 11.9 Å². The van der Waals surface area contributed by atoms with Gasteiger partial charge in [-0.2, -0.15) is 9.97 Å². The second-order valence-electron chi connectivity index (χ2n) is 6.73. The van der Waals surface area contributed by atoms with E-state index in [1.165, 1.54) is 0 Å². The highest BCUT2D eigenvalue weighted by Gasteiger charge is 2.27. The molecule has 1 aromatic heterocycles. The zero-order valence-corrected chi connectivity index (χ0v) is 12.9. The van der Waals surface area contributed by atoms with Crippen LogP contribution in [0.15, 0.2) is 0 Å². The largest absolute Gasteiger partial charge is 0.383 e. The van der Waals surface area contributed by atoms with Gasteiger partial charge in [0.1, 0.15) is 11.6 Å². The van der Waals surface area contributed by atoms with Crippen molar-refractivity contribution in [1.29, 1.82) is 0 Å². The molecule has 1 aliphatic heterocycles. The van der Waals surface area contributed by atoms with Crippen LogP contribution in [0.25, 0.3) is 0 Å². The van der Waals surface area contributed by atoms with Crippen LogP contribution in [0.2, 0.25) is 0 Å². The minimum absolute atomic E-state index is 0.129. The lowest BCUT2D eigenvalue weighted by Crippen LogP contribution is -2.31. The Bertz CT molecular complexity index is 479. The Labute approximate surface area is 121 Å². The molecule has 1 atom stereocenters. The van der Waals surface area contributed by atoms with E-state index in [-0.39, 0.29) is 11.4 Å². The molecule has 1 aliphatic rings. The molecule has 112 valence electrons. The Hall–Kier alpha value is -1.56. The van der Waals surface area contributed by atoms with E-state index in [9.17, 15) is 0 Å². The van der Waals surface area contributed by atoms with Gasteiger partial charge in [-0.25, -0.2) is 0 Å². The molecule has 0 aliphatic carbocycles. The van der Waals surface area contributed by atoms with E-state index in [2.05, 4.69) is 41.0 Å². The molecular weight excluding hydrogens is 252 g/mol. The fourth-order valence-electron chi connectivity index (χ4n) is 2.66. The molecule has 6 nitrogen and oxygen atoms in total. The molecule has 0 saturated carbocycles. The van der Waals surface area contributed by atoms with Gasteiger partial charge in [-0.3, -0.25) is 0 Å². The minimum atomic E-state index is 0.129. The van der Waals surface area contributed by atoms with Crippen LogP contribution in [0.4, 0.5) is 17.6 Å². The molecule has 1 fully saturated rings. The predicted octanol–water partition coefficient (Wildman–Crippen LogP) is 1.03. The molecule has 0 amide bonds. The highest BCUT2D eigenvalue weighted by Crippen LogP contribution is 2.32. The van der Waals surface area contributed by atoms with Crippen molar-refractivity contribution >= 4 is 17.6 Å². The third-order valence-electron chi connectivity index (χ3n) is 3.64. The first-order valence-electron chi connectivity index (χ1n) is 7.14. The summed E-state index contributed by atoms with van der Waals surface area (Å²) < 4.78 is 0. The van der Waals surface area contributed by atoms with Gasteiger partial charge >= 0.3 is 0 Å². The molecule has 2 rings (SSSR count). The van der Waals surface area contributed by atoms with Crippen LogP contribution in [0.3, 0.4) is 0 Å². The van der Waals surface area contributed by atoms with Gasteiger partial charge in [-0.15, -0.1) is 0 Å². The maximum atomic E-state index is 6.09. The molecule has 1 aromatic rings.